The van der Waals surface area contributed by atoms with Gasteiger partial charge in [-0.2, -0.15) is 5.26 Å². The van der Waals surface area contributed by atoms with Crippen molar-refractivity contribution in [2.24, 2.45) is 0 Å². The van der Waals surface area contributed by atoms with Crippen LogP contribution in [0.25, 0.3) is 0 Å². The van der Waals surface area contributed by atoms with Gasteiger partial charge in [0.1, 0.15) is 5.75 Å². The van der Waals surface area contributed by atoms with Gasteiger partial charge in [-0.3, -0.25) is 4.79 Å². The van der Waals surface area contributed by atoms with Gasteiger partial charge >= 0.3 is 5.97 Å². The second kappa shape index (κ2) is 8.39. The van der Waals surface area contributed by atoms with Gasteiger partial charge in [-0.1, -0.05) is 0 Å². The number of hydrogen-bond acceptors (Lipinski definition) is 5. The maximum absolute atomic E-state index is 12.0. The van der Waals surface area contributed by atoms with E-state index >= 15 is 0 Å². The molecule has 7 heteroatoms. The van der Waals surface area contributed by atoms with E-state index in [0.29, 0.717) is 22.3 Å². The molecule has 0 aliphatic carbocycles. The number of benzene rings is 1. The third-order valence-electron chi connectivity index (χ3n) is 2.95. The number of amides is 1. The molecular weight excluding hydrogens is 352 g/mol. The maximum atomic E-state index is 12.0. The topological polar surface area (TPSA) is 79.6 Å². The highest BCUT2D eigenvalue weighted by Gasteiger charge is 2.22. The quantitative estimate of drug-likeness (QED) is 0.720. The lowest BCUT2D eigenvalue weighted by Gasteiger charge is -2.20. The van der Waals surface area contributed by atoms with Crippen LogP contribution >= 0.6 is 15.9 Å². The Balaban J connectivity index is 2.69. The Kier molecular flexibility index (Phi) is 6.86. The van der Waals surface area contributed by atoms with Crippen LogP contribution in [0.4, 0.5) is 0 Å². The van der Waals surface area contributed by atoms with E-state index in [1.807, 2.05) is 6.07 Å². The number of hydrogen-bond donors (Lipinski definition) is 0. The third kappa shape index (κ3) is 4.74. The minimum atomic E-state index is -0.919. The van der Waals surface area contributed by atoms with Crippen molar-refractivity contribution in [2.45, 2.75) is 19.4 Å². The van der Waals surface area contributed by atoms with Crippen LogP contribution in [-0.2, 0) is 9.53 Å². The monoisotopic (exact) mass is 368 g/mol. The average molecular weight is 369 g/mol. The molecule has 0 N–H and O–H groups in total. The number of likely N-dealkylation sites (N-methyl/N-ethyl adjacent to an activating group) is 1. The van der Waals surface area contributed by atoms with Crippen molar-refractivity contribution < 1.29 is 19.1 Å². The molecule has 0 spiro atoms. The summed E-state index contributed by atoms with van der Waals surface area (Å²) in [6.45, 7) is 1.80. The van der Waals surface area contributed by atoms with Gasteiger partial charge in [0.05, 0.1) is 29.6 Å². The molecule has 0 saturated heterocycles. The zero-order chi connectivity index (χ0) is 16.7. The van der Waals surface area contributed by atoms with Crippen molar-refractivity contribution in [3.63, 3.8) is 0 Å². The van der Waals surface area contributed by atoms with Crippen molar-refractivity contribution in [1.82, 2.24) is 4.90 Å². The molecule has 0 saturated carbocycles. The van der Waals surface area contributed by atoms with Gasteiger partial charge < -0.3 is 14.4 Å². The number of esters is 1. The molecule has 1 aromatic carbocycles. The number of carbonyl (C=O) groups excluding carboxylic acids is 2. The highest BCUT2D eigenvalue weighted by molar-refractivity contribution is 9.10. The predicted molar refractivity (Wildman–Crippen MR) is 83.4 cm³/mol. The molecule has 0 aliphatic heterocycles. The van der Waals surface area contributed by atoms with Crippen LogP contribution in [0.2, 0.25) is 0 Å². The van der Waals surface area contributed by atoms with Crippen LogP contribution in [0.15, 0.2) is 22.7 Å². The molecule has 0 radical (unpaired) electrons. The van der Waals surface area contributed by atoms with Gasteiger partial charge in [0.15, 0.2) is 6.10 Å². The average Bonchev–Trinajstić information content (AvgIpc) is 2.51. The fourth-order valence-electron chi connectivity index (χ4n) is 1.71. The third-order valence-corrected chi connectivity index (χ3v) is 3.57. The standard InChI is InChI=1S/C15H17BrN2O4/c1-10(14(19)18(2)8-4-7-17)22-15(20)11-5-6-13(21-3)12(16)9-11/h5-6,9-10H,4,8H2,1-3H3/t10-/m0/s1. The Bertz CT molecular complexity index is 598. The van der Waals surface area contributed by atoms with Crippen LogP contribution in [-0.4, -0.2) is 43.6 Å². The van der Waals surface area contributed by atoms with Gasteiger partial charge in [-0.25, -0.2) is 4.79 Å². The zero-order valence-corrected chi connectivity index (χ0v) is 14.2. The summed E-state index contributed by atoms with van der Waals surface area (Å²) >= 11 is 3.28. The van der Waals surface area contributed by atoms with Gasteiger partial charge in [0.2, 0.25) is 0 Å². The molecule has 0 fully saturated rings. The van der Waals surface area contributed by atoms with Crippen LogP contribution in [0, 0.1) is 11.3 Å². The largest absolute Gasteiger partial charge is 0.496 e. The van der Waals surface area contributed by atoms with Crippen LogP contribution < -0.4 is 4.74 Å². The SMILES string of the molecule is COc1ccc(C(=O)O[C@@H](C)C(=O)N(C)CCC#N)cc1Br. The Morgan fingerprint density at radius 3 is 2.68 bits per heavy atom. The van der Waals surface area contributed by atoms with Crippen molar-refractivity contribution in [3.8, 4) is 11.8 Å². The first-order valence-electron chi connectivity index (χ1n) is 6.57. The number of halogens is 1. The first-order chi connectivity index (χ1) is 10.4. The molecule has 22 heavy (non-hydrogen) atoms. The molecule has 0 aliphatic rings. The van der Waals surface area contributed by atoms with Gasteiger partial charge in [0.25, 0.3) is 5.91 Å². The van der Waals surface area contributed by atoms with E-state index in [1.165, 1.54) is 18.9 Å². The molecule has 0 bridgehead atoms. The zero-order valence-electron chi connectivity index (χ0n) is 12.6. The van der Waals surface area contributed by atoms with Gasteiger partial charge in [0, 0.05) is 13.6 Å². The molecule has 1 amide bonds. The maximum Gasteiger partial charge on any atom is 0.338 e. The van der Waals surface area contributed by atoms with E-state index in [9.17, 15) is 9.59 Å². The van der Waals surface area contributed by atoms with E-state index in [-0.39, 0.29) is 12.3 Å². The molecule has 6 nitrogen and oxygen atoms in total. The summed E-state index contributed by atoms with van der Waals surface area (Å²) in [6, 6.07) is 6.71. The normalized spacial score (nSPS) is 11.2. The Morgan fingerprint density at radius 1 is 1.45 bits per heavy atom. The smallest absolute Gasteiger partial charge is 0.338 e. The number of rotatable bonds is 6. The van der Waals surface area contributed by atoms with E-state index in [4.69, 9.17) is 14.7 Å². The summed E-state index contributed by atoms with van der Waals surface area (Å²) in [6.07, 6.45) is -0.689. The summed E-state index contributed by atoms with van der Waals surface area (Å²) in [4.78, 5) is 25.4. The van der Waals surface area contributed by atoms with Crippen LogP contribution in [0.3, 0.4) is 0 Å². The molecule has 0 aromatic heterocycles. The molecular formula is C15H17BrN2O4. The predicted octanol–water partition coefficient (Wildman–Crippen LogP) is 2.38. The number of ether oxygens (including phenoxy) is 2. The summed E-state index contributed by atoms with van der Waals surface area (Å²) in [5.41, 5.74) is 0.312. The first kappa shape index (κ1) is 18.0. The Labute approximate surface area is 137 Å². The number of nitriles is 1. The summed E-state index contributed by atoms with van der Waals surface area (Å²) < 4.78 is 10.9. The summed E-state index contributed by atoms with van der Waals surface area (Å²) in [5.74, 6) is -0.356. The van der Waals surface area contributed by atoms with E-state index in [0.717, 1.165) is 0 Å². The molecule has 1 rings (SSSR count). The van der Waals surface area contributed by atoms with Crippen molar-refractivity contribution in [3.05, 3.63) is 28.2 Å². The minimum Gasteiger partial charge on any atom is -0.496 e. The number of nitrogens with zero attached hydrogens (tertiary/aromatic N) is 2. The first-order valence-corrected chi connectivity index (χ1v) is 7.36. The van der Waals surface area contributed by atoms with E-state index in [2.05, 4.69) is 15.9 Å². The van der Waals surface area contributed by atoms with Gasteiger partial charge in [-0.05, 0) is 41.1 Å². The lowest BCUT2D eigenvalue weighted by molar-refractivity contribution is -0.138. The molecule has 1 atom stereocenters. The second-order valence-electron chi connectivity index (χ2n) is 4.56. The van der Waals surface area contributed by atoms with Crippen molar-refractivity contribution in [2.75, 3.05) is 20.7 Å². The fourth-order valence-corrected chi connectivity index (χ4v) is 2.25. The Hall–Kier alpha value is -2.07. The van der Waals surface area contributed by atoms with E-state index in [1.54, 1.807) is 25.2 Å². The highest BCUT2D eigenvalue weighted by Crippen LogP contribution is 2.25. The van der Waals surface area contributed by atoms with Crippen molar-refractivity contribution in [1.29, 1.82) is 5.26 Å². The number of carbonyl (C=O) groups is 2. The van der Waals surface area contributed by atoms with Crippen molar-refractivity contribution >= 4 is 27.8 Å². The molecule has 0 heterocycles. The molecule has 1 aromatic rings. The van der Waals surface area contributed by atoms with Crippen LogP contribution in [0.1, 0.15) is 23.7 Å². The van der Waals surface area contributed by atoms with Gasteiger partial charge in [-0.15, -0.1) is 0 Å². The lowest BCUT2D eigenvalue weighted by atomic mass is 10.2. The summed E-state index contributed by atoms with van der Waals surface area (Å²) in [5, 5.41) is 8.51. The molecule has 118 valence electrons. The second-order valence-corrected chi connectivity index (χ2v) is 5.42. The summed E-state index contributed by atoms with van der Waals surface area (Å²) in [7, 11) is 3.09. The van der Waals surface area contributed by atoms with E-state index < -0.39 is 12.1 Å². The highest BCUT2D eigenvalue weighted by atomic mass is 79.9. The lowest BCUT2D eigenvalue weighted by Crippen LogP contribution is -2.37. The fraction of sp³-hybridized carbons (Fsp3) is 0.400. The molecule has 0 unspecified atom stereocenters. The minimum absolute atomic E-state index is 0.230. The van der Waals surface area contributed by atoms with Crippen LogP contribution in [0.5, 0.6) is 5.75 Å². The number of methoxy groups -OCH3 is 1. The Morgan fingerprint density at radius 2 is 2.14 bits per heavy atom.